The second kappa shape index (κ2) is 4.18. The molecule has 0 aliphatic heterocycles. The van der Waals surface area contributed by atoms with E-state index in [1.165, 1.54) is 0 Å². The van der Waals surface area contributed by atoms with Crippen LogP contribution in [0.2, 0.25) is 0 Å². The lowest BCUT2D eigenvalue weighted by Crippen LogP contribution is -2.25. The Morgan fingerprint density at radius 3 is 2.42 bits per heavy atom. The van der Waals surface area contributed by atoms with Crippen LogP contribution in [0.25, 0.3) is 0 Å². The van der Waals surface area contributed by atoms with Gasteiger partial charge >= 0.3 is 0 Å². The standard InChI is InChI=1S/C9H14N2O/c1-7(10)9(12-2)8-3-5-11-6-4-8/h3-7,9H,10H2,1-2H3. The first-order chi connectivity index (χ1) is 5.75. The molecule has 1 heterocycles. The van der Waals surface area contributed by atoms with E-state index in [1.54, 1.807) is 19.5 Å². The third-order valence-electron chi connectivity index (χ3n) is 1.77. The van der Waals surface area contributed by atoms with Gasteiger partial charge in [0.05, 0.1) is 6.10 Å². The Morgan fingerprint density at radius 1 is 1.42 bits per heavy atom. The summed E-state index contributed by atoms with van der Waals surface area (Å²) in [7, 11) is 1.66. The van der Waals surface area contributed by atoms with Crippen molar-refractivity contribution in [2.45, 2.75) is 19.1 Å². The summed E-state index contributed by atoms with van der Waals surface area (Å²) in [5.41, 5.74) is 6.81. The van der Waals surface area contributed by atoms with Gasteiger partial charge in [-0.3, -0.25) is 4.98 Å². The number of ether oxygens (including phenoxy) is 1. The van der Waals surface area contributed by atoms with E-state index in [1.807, 2.05) is 19.1 Å². The highest BCUT2D eigenvalue weighted by Gasteiger charge is 2.13. The van der Waals surface area contributed by atoms with E-state index >= 15 is 0 Å². The molecule has 1 aromatic heterocycles. The van der Waals surface area contributed by atoms with Gasteiger partial charge in [-0.05, 0) is 24.6 Å². The van der Waals surface area contributed by atoms with Crippen LogP contribution in [0.1, 0.15) is 18.6 Å². The maximum Gasteiger partial charge on any atom is 0.0970 e. The molecule has 0 aromatic carbocycles. The molecule has 0 aliphatic carbocycles. The van der Waals surface area contributed by atoms with Crippen molar-refractivity contribution in [3.8, 4) is 0 Å². The van der Waals surface area contributed by atoms with E-state index < -0.39 is 0 Å². The van der Waals surface area contributed by atoms with E-state index in [-0.39, 0.29) is 12.1 Å². The number of rotatable bonds is 3. The Kier molecular flexibility index (Phi) is 3.19. The van der Waals surface area contributed by atoms with E-state index in [0.29, 0.717) is 0 Å². The highest BCUT2D eigenvalue weighted by Crippen LogP contribution is 2.17. The van der Waals surface area contributed by atoms with Crippen molar-refractivity contribution < 1.29 is 4.74 Å². The zero-order chi connectivity index (χ0) is 8.97. The Hall–Kier alpha value is -0.930. The Balaban J connectivity index is 2.80. The van der Waals surface area contributed by atoms with Gasteiger partial charge < -0.3 is 10.5 Å². The molecule has 0 amide bonds. The van der Waals surface area contributed by atoms with Crippen LogP contribution in [0, 0.1) is 0 Å². The van der Waals surface area contributed by atoms with Crippen molar-refractivity contribution in [1.29, 1.82) is 0 Å². The van der Waals surface area contributed by atoms with Crippen LogP contribution in [-0.4, -0.2) is 18.1 Å². The molecule has 0 aliphatic rings. The monoisotopic (exact) mass is 166 g/mol. The summed E-state index contributed by atoms with van der Waals surface area (Å²) < 4.78 is 5.24. The average Bonchev–Trinajstić information content (AvgIpc) is 2.07. The minimum atomic E-state index is -0.0343. The van der Waals surface area contributed by atoms with Crippen LogP contribution in [-0.2, 0) is 4.74 Å². The summed E-state index contributed by atoms with van der Waals surface area (Å²) in [6, 6.07) is 3.83. The van der Waals surface area contributed by atoms with Gasteiger partial charge in [0, 0.05) is 25.5 Å². The maximum atomic E-state index is 5.73. The van der Waals surface area contributed by atoms with Crippen LogP contribution >= 0.6 is 0 Å². The third-order valence-corrected chi connectivity index (χ3v) is 1.77. The van der Waals surface area contributed by atoms with Gasteiger partial charge in [-0.1, -0.05) is 0 Å². The number of nitrogens with zero attached hydrogens (tertiary/aromatic N) is 1. The largest absolute Gasteiger partial charge is 0.375 e. The molecule has 0 saturated heterocycles. The zero-order valence-corrected chi connectivity index (χ0v) is 7.40. The minimum absolute atomic E-state index is 0.00241. The average molecular weight is 166 g/mol. The zero-order valence-electron chi connectivity index (χ0n) is 7.40. The molecule has 2 N–H and O–H groups in total. The topological polar surface area (TPSA) is 48.1 Å². The summed E-state index contributed by atoms with van der Waals surface area (Å²) in [5.74, 6) is 0. The SMILES string of the molecule is COC(c1ccncc1)C(C)N. The molecular formula is C9H14N2O. The molecule has 0 bridgehead atoms. The molecule has 1 rings (SSSR count). The summed E-state index contributed by atoms with van der Waals surface area (Å²) >= 11 is 0. The Morgan fingerprint density at radius 2 is 2.00 bits per heavy atom. The van der Waals surface area contributed by atoms with Crippen LogP contribution in [0.4, 0.5) is 0 Å². The predicted molar refractivity (Wildman–Crippen MR) is 47.6 cm³/mol. The van der Waals surface area contributed by atoms with Gasteiger partial charge in [-0.25, -0.2) is 0 Å². The quantitative estimate of drug-likeness (QED) is 0.731. The lowest BCUT2D eigenvalue weighted by atomic mass is 10.1. The number of hydrogen-bond acceptors (Lipinski definition) is 3. The van der Waals surface area contributed by atoms with Crippen molar-refractivity contribution in [2.24, 2.45) is 5.73 Å². The fraction of sp³-hybridized carbons (Fsp3) is 0.444. The molecule has 3 heteroatoms. The highest BCUT2D eigenvalue weighted by molar-refractivity contribution is 5.14. The molecule has 12 heavy (non-hydrogen) atoms. The molecule has 66 valence electrons. The first-order valence-electron chi connectivity index (χ1n) is 3.94. The highest BCUT2D eigenvalue weighted by atomic mass is 16.5. The van der Waals surface area contributed by atoms with E-state index in [9.17, 15) is 0 Å². The number of methoxy groups -OCH3 is 1. The normalized spacial score (nSPS) is 15.6. The summed E-state index contributed by atoms with van der Waals surface area (Å²) in [4.78, 5) is 3.93. The van der Waals surface area contributed by atoms with Crippen molar-refractivity contribution in [3.05, 3.63) is 30.1 Å². The minimum Gasteiger partial charge on any atom is -0.375 e. The number of hydrogen-bond donors (Lipinski definition) is 1. The fourth-order valence-corrected chi connectivity index (χ4v) is 1.21. The van der Waals surface area contributed by atoms with Crippen LogP contribution in [0.3, 0.4) is 0 Å². The van der Waals surface area contributed by atoms with Gasteiger partial charge in [0.2, 0.25) is 0 Å². The molecule has 1 aromatic rings. The number of nitrogens with two attached hydrogens (primary N) is 1. The van der Waals surface area contributed by atoms with Gasteiger partial charge in [0.1, 0.15) is 0 Å². The molecule has 2 unspecified atom stereocenters. The summed E-state index contributed by atoms with van der Waals surface area (Å²) in [5, 5.41) is 0. The van der Waals surface area contributed by atoms with Gasteiger partial charge in [0.15, 0.2) is 0 Å². The molecule has 0 radical (unpaired) electrons. The Bertz CT molecular complexity index is 223. The van der Waals surface area contributed by atoms with Crippen LogP contribution in [0.15, 0.2) is 24.5 Å². The summed E-state index contributed by atoms with van der Waals surface area (Å²) in [6.45, 7) is 1.93. The molecule has 0 fully saturated rings. The lowest BCUT2D eigenvalue weighted by Gasteiger charge is -2.18. The third kappa shape index (κ3) is 2.03. The second-order valence-corrected chi connectivity index (χ2v) is 2.80. The molecule has 3 nitrogen and oxygen atoms in total. The van der Waals surface area contributed by atoms with Crippen molar-refractivity contribution in [3.63, 3.8) is 0 Å². The van der Waals surface area contributed by atoms with E-state index in [2.05, 4.69) is 4.98 Å². The van der Waals surface area contributed by atoms with Crippen molar-refractivity contribution >= 4 is 0 Å². The molecule has 0 spiro atoms. The van der Waals surface area contributed by atoms with Crippen LogP contribution in [0.5, 0.6) is 0 Å². The smallest absolute Gasteiger partial charge is 0.0970 e. The lowest BCUT2D eigenvalue weighted by molar-refractivity contribution is 0.0853. The van der Waals surface area contributed by atoms with Crippen molar-refractivity contribution in [1.82, 2.24) is 4.98 Å². The van der Waals surface area contributed by atoms with Gasteiger partial charge in [0.25, 0.3) is 0 Å². The number of pyridine rings is 1. The first kappa shape index (κ1) is 9.16. The van der Waals surface area contributed by atoms with Crippen LogP contribution < -0.4 is 5.73 Å². The maximum absolute atomic E-state index is 5.73. The van der Waals surface area contributed by atoms with Gasteiger partial charge in [-0.2, -0.15) is 0 Å². The Labute approximate surface area is 72.6 Å². The van der Waals surface area contributed by atoms with E-state index in [4.69, 9.17) is 10.5 Å². The number of aromatic nitrogens is 1. The second-order valence-electron chi connectivity index (χ2n) is 2.80. The van der Waals surface area contributed by atoms with Crippen molar-refractivity contribution in [2.75, 3.05) is 7.11 Å². The predicted octanol–water partition coefficient (Wildman–Crippen LogP) is 1.12. The molecular weight excluding hydrogens is 152 g/mol. The molecule has 2 atom stereocenters. The molecule has 0 saturated carbocycles. The van der Waals surface area contributed by atoms with E-state index in [0.717, 1.165) is 5.56 Å². The summed E-state index contributed by atoms with van der Waals surface area (Å²) in [6.07, 6.45) is 3.45. The van der Waals surface area contributed by atoms with Gasteiger partial charge in [-0.15, -0.1) is 0 Å². The fourth-order valence-electron chi connectivity index (χ4n) is 1.21. The first-order valence-corrected chi connectivity index (χ1v) is 3.94.